The minimum Gasteiger partial charge on any atom is -0.306 e. The number of nitrogens with two attached hydrogens (primary N) is 1. The molecule has 1 heterocycles. The van der Waals surface area contributed by atoms with Gasteiger partial charge in [0.15, 0.2) is 4.57 Å². The molecule has 1 atom stereocenters. The Labute approximate surface area is 74.9 Å². The standard InChI is InChI=1S/C4H5Br2N3O/c5-4(7)1-2-9(6)3(10)8-4/h1-2H,7H2,(H,8,10). The van der Waals surface area contributed by atoms with Crippen LogP contribution in [-0.2, 0) is 0 Å². The summed E-state index contributed by atoms with van der Waals surface area (Å²) in [5.41, 5.74) is 5.48. The van der Waals surface area contributed by atoms with E-state index in [1.807, 2.05) is 0 Å². The summed E-state index contributed by atoms with van der Waals surface area (Å²) in [5, 5.41) is 2.45. The second kappa shape index (κ2) is 2.52. The molecule has 3 N–H and O–H groups in total. The van der Waals surface area contributed by atoms with Gasteiger partial charge in [0.1, 0.15) is 0 Å². The van der Waals surface area contributed by atoms with Crippen molar-refractivity contribution in [3.8, 4) is 0 Å². The number of rotatable bonds is 0. The van der Waals surface area contributed by atoms with E-state index in [0.29, 0.717) is 0 Å². The van der Waals surface area contributed by atoms with E-state index >= 15 is 0 Å². The average Bonchev–Trinajstić information content (AvgIpc) is 1.79. The maximum absolute atomic E-state index is 10.8. The number of carbonyl (C=O) groups excluding carboxylic acids is 1. The van der Waals surface area contributed by atoms with E-state index in [1.54, 1.807) is 6.08 Å². The van der Waals surface area contributed by atoms with Crippen molar-refractivity contribution in [2.75, 3.05) is 0 Å². The molecule has 1 rings (SSSR count). The fourth-order valence-corrected chi connectivity index (χ4v) is 0.995. The number of carbonyl (C=O) groups is 1. The number of amides is 2. The van der Waals surface area contributed by atoms with Gasteiger partial charge >= 0.3 is 6.03 Å². The van der Waals surface area contributed by atoms with Crippen molar-refractivity contribution in [3.05, 3.63) is 12.3 Å². The van der Waals surface area contributed by atoms with Gasteiger partial charge in [-0.2, -0.15) is 0 Å². The SMILES string of the molecule is NC1(Br)C=CN(Br)C(=O)N1. The average molecular weight is 271 g/mol. The predicted molar refractivity (Wildman–Crippen MR) is 44.3 cm³/mol. The highest BCUT2D eigenvalue weighted by atomic mass is 79.9. The smallest absolute Gasteiger partial charge is 0.306 e. The summed E-state index contributed by atoms with van der Waals surface area (Å²) >= 11 is 6.04. The van der Waals surface area contributed by atoms with Crippen molar-refractivity contribution in [2.24, 2.45) is 5.73 Å². The third kappa shape index (κ3) is 1.71. The van der Waals surface area contributed by atoms with E-state index in [9.17, 15) is 4.79 Å². The molecule has 0 saturated carbocycles. The summed E-state index contributed by atoms with van der Waals surface area (Å²) in [6.45, 7) is 0. The van der Waals surface area contributed by atoms with Crippen LogP contribution in [0.3, 0.4) is 0 Å². The molecule has 56 valence electrons. The molecule has 0 bridgehead atoms. The van der Waals surface area contributed by atoms with Crippen molar-refractivity contribution in [2.45, 2.75) is 4.57 Å². The van der Waals surface area contributed by atoms with Gasteiger partial charge < -0.3 is 5.32 Å². The molecule has 1 aliphatic heterocycles. The van der Waals surface area contributed by atoms with Crippen molar-refractivity contribution >= 4 is 38.1 Å². The molecule has 4 nitrogen and oxygen atoms in total. The van der Waals surface area contributed by atoms with Crippen LogP contribution in [0.1, 0.15) is 0 Å². The lowest BCUT2D eigenvalue weighted by atomic mass is 10.4. The molecular formula is C4H5Br2N3O. The number of nitrogens with zero attached hydrogens (tertiary/aromatic N) is 1. The molecule has 0 aliphatic carbocycles. The maximum Gasteiger partial charge on any atom is 0.333 e. The van der Waals surface area contributed by atoms with Gasteiger partial charge in [0.05, 0.1) is 16.1 Å². The molecule has 0 saturated heterocycles. The second-order valence-corrected chi connectivity index (χ2v) is 3.90. The number of urea groups is 1. The van der Waals surface area contributed by atoms with Crippen molar-refractivity contribution in [3.63, 3.8) is 0 Å². The van der Waals surface area contributed by atoms with E-state index < -0.39 is 4.57 Å². The Balaban J connectivity index is 2.79. The first kappa shape index (κ1) is 8.03. The molecule has 0 aromatic rings. The summed E-state index contributed by atoms with van der Waals surface area (Å²) in [7, 11) is 0. The third-order valence-corrected chi connectivity index (χ3v) is 1.96. The zero-order valence-electron chi connectivity index (χ0n) is 4.84. The Morgan fingerprint density at radius 3 is 2.80 bits per heavy atom. The highest BCUT2D eigenvalue weighted by Crippen LogP contribution is 2.16. The van der Waals surface area contributed by atoms with Crippen LogP contribution in [0.4, 0.5) is 4.79 Å². The molecular weight excluding hydrogens is 266 g/mol. The number of halogens is 2. The highest BCUT2D eigenvalue weighted by molar-refractivity contribution is 9.10. The zero-order chi connectivity index (χ0) is 7.78. The molecule has 2 amide bonds. The number of alkyl halides is 1. The van der Waals surface area contributed by atoms with Gasteiger partial charge in [-0.1, -0.05) is 0 Å². The first-order chi connectivity index (χ1) is 4.51. The predicted octanol–water partition coefficient (Wildman–Crippen LogP) is 0.843. The maximum atomic E-state index is 10.8. The largest absolute Gasteiger partial charge is 0.333 e. The molecule has 0 radical (unpaired) electrons. The van der Waals surface area contributed by atoms with E-state index in [0.717, 1.165) is 0 Å². The van der Waals surface area contributed by atoms with E-state index in [2.05, 4.69) is 37.4 Å². The molecule has 1 aliphatic rings. The summed E-state index contributed by atoms with van der Waals surface area (Å²) in [4.78, 5) is 10.8. The number of nitrogens with one attached hydrogen (secondary N) is 1. The van der Waals surface area contributed by atoms with E-state index in [-0.39, 0.29) is 6.03 Å². The Bertz CT molecular complexity index is 191. The summed E-state index contributed by atoms with van der Waals surface area (Å²) < 4.78 is 0.313. The van der Waals surface area contributed by atoms with Crippen LogP contribution in [-0.4, -0.2) is 14.5 Å². The van der Waals surface area contributed by atoms with E-state index in [1.165, 1.54) is 10.1 Å². The minimum absolute atomic E-state index is 0.304. The van der Waals surface area contributed by atoms with Crippen molar-refractivity contribution < 1.29 is 4.79 Å². The van der Waals surface area contributed by atoms with E-state index in [4.69, 9.17) is 5.73 Å². The number of hydrogen-bond donors (Lipinski definition) is 2. The first-order valence-electron chi connectivity index (χ1n) is 2.45. The van der Waals surface area contributed by atoms with Crippen LogP contribution in [0, 0.1) is 0 Å². The molecule has 10 heavy (non-hydrogen) atoms. The fraction of sp³-hybridized carbons (Fsp3) is 0.250. The van der Waals surface area contributed by atoms with Gasteiger partial charge in [0, 0.05) is 6.20 Å². The van der Waals surface area contributed by atoms with Gasteiger partial charge in [-0.05, 0) is 22.0 Å². The molecule has 0 spiro atoms. The normalized spacial score (nSPS) is 32.3. The van der Waals surface area contributed by atoms with Crippen LogP contribution in [0.2, 0.25) is 0 Å². The third-order valence-electron chi connectivity index (χ3n) is 0.940. The van der Waals surface area contributed by atoms with Crippen LogP contribution < -0.4 is 11.1 Å². The Morgan fingerprint density at radius 1 is 1.80 bits per heavy atom. The Morgan fingerprint density at radius 2 is 2.40 bits per heavy atom. The van der Waals surface area contributed by atoms with Gasteiger partial charge in [-0.3, -0.25) is 5.73 Å². The summed E-state index contributed by atoms with van der Waals surface area (Å²) in [6, 6.07) is -0.304. The molecule has 6 heteroatoms. The van der Waals surface area contributed by atoms with Crippen LogP contribution in [0.25, 0.3) is 0 Å². The summed E-state index contributed by atoms with van der Waals surface area (Å²) in [6.07, 6.45) is 3.12. The highest BCUT2D eigenvalue weighted by Gasteiger charge is 2.26. The zero-order valence-corrected chi connectivity index (χ0v) is 8.02. The lowest BCUT2D eigenvalue weighted by Crippen LogP contribution is -2.54. The van der Waals surface area contributed by atoms with Gasteiger partial charge in [-0.15, -0.1) is 0 Å². The van der Waals surface area contributed by atoms with Gasteiger partial charge in [0.25, 0.3) is 0 Å². The van der Waals surface area contributed by atoms with Crippen LogP contribution in [0.15, 0.2) is 12.3 Å². The van der Waals surface area contributed by atoms with Crippen molar-refractivity contribution in [1.29, 1.82) is 0 Å². The molecule has 0 aromatic carbocycles. The minimum atomic E-state index is -0.908. The van der Waals surface area contributed by atoms with Crippen LogP contribution >= 0.6 is 32.1 Å². The monoisotopic (exact) mass is 269 g/mol. The topological polar surface area (TPSA) is 58.4 Å². The summed E-state index contributed by atoms with van der Waals surface area (Å²) in [5.74, 6) is 0. The van der Waals surface area contributed by atoms with Crippen molar-refractivity contribution in [1.82, 2.24) is 9.24 Å². The molecule has 0 aromatic heterocycles. The Hall–Kier alpha value is -0.0700. The first-order valence-corrected chi connectivity index (χ1v) is 3.96. The molecule has 0 fully saturated rings. The molecule has 1 unspecified atom stereocenters. The van der Waals surface area contributed by atoms with Gasteiger partial charge in [0.2, 0.25) is 0 Å². The number of hydrogen-bond acceptors (Lipinski definition) is 2. The van der Waals surface area contributed by atoms with Gasteiger partial charge in [-0.25, -0.2) is 8.72 Å². The lowest BCUT2D eigenvalue weighted by molar-refractivity contribution is 0.229. The fourth-order valence-electron chi connectivity index (χ4n) is 0.501. The Kier molecular flexibility index (Phi) is 2.02. The lowest BCUT2D eigenvalue weighted by Gasteiger charge is -2.26. The quantitative estimate of drug-likeness (QED) is 0.389. The second-order valence-electron chi connectivity index (χ2n) is 1.83. The van der Waals surface area contributed by atoms with Crippen LogP contribution in [0.5, 0.6) is 0 Å².